The highest BCUT2D eigenvalue weighted by molar-refractivity contribution is 6.30. The summed E-state index contributed by atoms with van der Waals surface area (Å²) in [5, 5.41) is 2.06. The van der Waals surface area contributed by atoms with Gasteiger partial charge in [0.1, 0.15) is 16.6 Å². The molecule has 0 unspecified atom stereocenters. The van der Waals surface area contributed by atoms with Crippen LogP contribution in [0.3, 0.4) is 0 Å². The normalized spacial score (nSPS) is 11.5. The summed E-state index contributed by atoms with van der Waals surface area (Å²) in [5.41, 5.74) is 2.14. The number of hydrogen-bond donors (Lipinski definition) is 1. The molecule has 0 fully saturated rings. The number of aryl methyl sites for hydroxylation is 1. The maximum absolute atomic E-state index is 13.7. The van der Waals surface area contributed by atoms with Gasteiger partial charge in [-0.2, -0.15) is 0 Å². The van der Waals surface area contributed by atoms with Gasteiger partial charge in [0.2, 0.25) is 0 Å². The Kier molecular flexibility index (Phi) is 2.26. The number of nitrogens with one attached hydrogen (secondary N) is 1. The number of nitrogens with zero attached hydrogens (tertiary/aromatic N) is 2. The second-order valence-electron chi connectivity index (χ2n) is 3.84. The molecule has 3 aromatic rings. The van der Waals surface area contributed by atoms with Crippen LogP contribution in [0.15, 0.2) is 18.5 Å². The lowest BCUT2D eigenvalue weighted by Gasteiger charge is -2.01. The number of aromatic nitrogens is 3. The Morgan fingerprint density at radius 3 is 2.94 bits per heavy atom. The van der Waals surface area contributed by atoms with Crippen molar-refractivity contribution < 1.29 is 4.39 Å². The molecule has 3 heterocycles. The van der Waals surface area contributed by atoms with Gasteiger partial charge in [0.05, 0.1) is 17.9 Å². The molecule has 0 aliphatic carbocycles. The number of aromatic amines is 1. The van der Waals surface area contributed by atoms with Crippen LogP contribution in [0.4, 0.5) is 4.39 Å². The molecule has 86 valence electrons. The maximum Gasteiger partial charge on any atom is 0.145 e. The highest BCUT2D eigenvalue weighted by Crippen LogP contribution is 2.29. The van der Waals surface area contributed by atoms with Crippen molar-refractivity contribution in [1.29, 1.82) is 0 Å². The fourth-order valence-corrected chi connectivity index (χ4v) is 2.28. The van der Waals surface area contributed by atoms with Crippen molar-refractivity contribution in [2.24, 2.45) is 0 Å². The number of rotatable bonds is 1. The lowest BCUT2D eigenvalue weighted by Crippen LogP contribution is -1.91. The fraction of sp³-hybridized carbons (Fsp3) is 0.167. The van der Waals surface area contributed by atoms with Gasteiger partial charge in [0.15, 0.2) is 0 Å². The molecule has 0 bridgehead atoms. The van der Waals surface area contributed by atoms with Crippen LogP contribution in [0.1, 0.15) is 12.5 Å². The Morgan fingerprint density at radius 2 is 2.18 bits per heavy atom. The smallest absolute Gasteiger partial charge is 0.145 e. The van der Waals surface area contributed by atoms with Crippen molar-refractivity contribution in [3.05, 3.63) is 35.0 Å². The minimum absolute atomic E-state index is 0.283. The largest absolute Gasteiger partial charge is 0.338 e. The van der Waals surface area contributed by atoms with E-state index in [1.807, 2.05) is 6.92 Å². The first kappa shape index (κ1) is 10.5. The third-order valence-electron chi connectivity index (χ3n) is 2.88. The van der Waals surface area contributed by atoms with Gasteiger partial charge < -0.3 is 4.98 Å². The summed E-state index contributed by atoms with van der Waals surface area (Å²) in [5.74, 6) is -0.283. The monoisotopic (exact) mass is 249 g/mol. The molecule has 0 aromatic carbocycles. The Hall–Kier alpha value is -1.68. The number of fused-ring (bicyclic) bond motifs is 3. The zero-order valence-electron chi connectivity index (χ0n) is 9.09. The predicted molar refractivity (Wildman–Crippen MR) is 65.7 cm³/mol. The van der Waals surface area contributed by atoms with Crippen LogP contribution in [-0.4, -0.2) is 15.0 Å². The van der Waals surface area contributed by atoms with Crippen LogP contribution in [0.2, 0.25) is 5.15 Å². The van der Waals surface area contributed by atoms with Crippen LogP contribution in [-0.2, 0) is 6.42 Å². The molecule has 1 N–H and O–H groups in total. The van der Waals surface area contributed by atoms with Crippen LogP contribution in [0.25, 0.3) is 21.9 Å². The molecule has 0 aliphatic rings. The van der Waals surface area contributed by atoms with Crippen LogP contribution >= 0.6 is 11.6 Å². The Morgan fingerprint density at radius 1 is 1.35 bits per heavy atom. The van der Waals surface area contributed by atoms with Gasteiger partial charge in [-0.3, -0.25) is 0 Å². The van der Waals surface area contributed by atoms with E-state index >= 15 is 0 Å². The molecule has 17 heavy (non-hydrogen) atoms. The molecule has 0 aliphatic heterocycles. The molecule has 3 aromatic heterocycles. The van der Waals surface area contributed by atoms with Gasteiger partial charge >= 0.3 is 0 Å². The van der Waals surface area contributed by atoms with Gasteiger partial charge in [0, 0.05) is 16.3 Å². The van der Waals surface area contributed by atoms with E-state index in [0.29, 0.717) is 22.8 Å². The molecule has 5 heteroatoms. The van der Waals surface area contributed by atoms with Crippen molar-refractivity contribution in [1.82, 2.24) is 15.0 Å². The van der Waals surface area contributed by atoms with Gasteiger partial charge in [-0.15, -0.1) is 0 Å². The molecule has 3 nitrogen and oxygen atoms in total. The second-order valence-corrected chi connectivity index (χ2v) is 4.23. The zero-order chi connectivity index (χ0) is 12.0. The molecular weight excluding hydrogens is 241 g/mol. The lowest BCUT2D eigenvalue weighted by molar-refractivity contribution is 0.609. The van der Waals surface area contributed by atoms with E-state index in [0.717, 1.165) is 16.3 Å². The summed E-state index contributed by atoms with van der Waals surface area (Å²) in [4.78, 5) is 11.2. The number of H-pyrrole nitrogens is 1. The summed E-state index contributed by atoms with van der Waals surface area (Å²) < 4.78 is 13.7. The third-order valence-corrected chi connectivity index (χ3v) is 3.09. The van der Waals surface area contributed by atoms with Gasteiger partial charge in [0.25, 0.3) is 0 Å². The Labute approximate surface area is 102 Å². The Balaban J connectivity index is 2.56. The predicted octanol–water partition coefficient (Wildman–Crippen LogP) is 3.47. The highest BCUT2D eigenvalue weighted by atomic mass is 35.5. The molecule has 0 spiro atoms. The molecule has 0 radical (unpaired) electrons. The average molecular weight is 250 g/mol. The van der Waals surface area contributed by atoms with E-state index in [4.69, 9.17) is 11.6 Å². The van der Waals surface area contributed by atoms with Crippen molar-refractivity contribution in [3.63, 3.8) is 0 Å². The quantitative estimate of drug-likeness (QED) is 0.671. The van der Waals surface area contributed by atoms with Crippen LogP contribution < -0.4 is 0 Å². The number of halogens is 2. The lowest BCUT2D eigenvalue weighted by atomic mass is 10.1. The molecule has 3 rings (SSSR count). The molecule has 0 saturated carbocycles. The first-order valence-corrected chi connectivity index (χ1v) is 5.68. The maximum atomic E-state index is 13.7. The minimum Gasteiger partial charge on any atom is -0.338 e. The SMILES string of the molecule is CCc1c(F)cnc2[nH]c3cnc(Cl)cc3c12. The van der Waals surface area contributed by atoms with E-state index < -0.39 is 0 Å². The summed E-state index contributed by atoms with van der Waals surface area (Å²) >= 11 is 5.87. The van der Waals surface area contributed by atoms with Crippen molar-refractivity contribution >= 4 is 33.5 Å². The summed E-state index contributed by atoms with van der Waals surface area (Å²) in [6.07, 6.45) is 3.49. The van der Waals surface area contributed by atoms with Crippen LogP contribution in [0.5, 0.6) is 0 Å². The molecular formula is C12H9ClFN3. The average Bonchev–Trinajstić information content (AvgIpc) is 2.67. The summed E-state index contributed by atoms with van der Waals surface area (Å²) in [6.45, 7) is 1.92. The fourth-order valence-electron chi connectivity index (χ4n) is 2.12. The van der Waals surface area contributed by atoms with Crippen molar-refractivity contribution in [3.8, 4) is 0 Å². The van der Waals surface area contributed by atoms with E-state index in [2.05, 4.69) is 15.0 Å². The molecule has 0 atom stereocenters. The van der Waals surface area contributed by atoms with E-state index in [1.165, 1.54) is 6.20 Å². The topological polar surface area (TPSA) is 41.6 Å². The first-order chi connectivity index (χ1) is 8.20. The standard InChI is InChI=1S/C12H9ClFN3/c1-2-6-8(14)4-16-12-11(6)7-3-10(13)15-5-9(7)17-12/h3-5H,2H2,1H3,(H,16,17). The highest BCUT2D eigenvalue weighted by Gasteiger charge is 2.13. The van der Waals surface area contributed by atoms with Gasteiger partial charge in [-0.1, -0.05) is 18.5 Å². The summed E-state index contributed by atoms with van der Waals surface area (Å²) in [6, 6.07) is 1.73. The number of pyridine rings is 2. The third kappa shape index (κ3) is 1.48. The first-order valence-electron chi connectivity index (χ1n) is 5.31. The molecule has 0 amide bonds. The Bertz CT molecular complexity index is 720. The number of hydrogen-bond acceptors (Lipinski definition) is 2. The van der Waals surface area contributed by atoms with Crippen LogP contribution in [0, 0.1) is 5.82 Å². The minimum atomic E-state index is -0.283. The van der Waals surface area contributed by atoms with E-state index in [-0.39, 0.29) is 5.82 Å². The van der Waals surface area contributed by atoms with Gasteiger partial charge in [-0.25, -0.2) is 14.4 Å². The zero-order valence-corrected chi connectivity index (χ0v) is 9.85. The van der Waals surface area contributed by atoms with Crippen molar-refractivity contribution in [2.75, 3.05) is 0 Å². The molecule has 0 saturated heterocycles. The van der Waals surface area contributed by atoms with E-state index in [9.17, 15) is 4.39 Å². The summed E-state index contributed by atoms with van der Waals surface area (Å²) in [7, 11) is 0. The van der Waals surface area contributed by atoms with Crippen molar-refractivity contribution in [2.45, 2.75) is 13.3 Å². The van der Waals surface area contributed by atoms with E-state index in [1.54, 1.807) is 12.3 Å². The van der Waals surface area contributed by atoms with Gasteiger partial charge in [-0.05, 0) is 12.5 Å². The second kappa shape index (κ2) is 3.67.